The number of nitrogens with two attached hydrogens (primary N) is 1. The maximum absolute atomic E-state index is 8.36. The van der Waals surface area contributed by atoms with Gasteiger partial charge in [0.2, 0.25) is 0 Å². The summed E-state index contributed by atoms with van der Waals surface area (Å²) in [5.41, 5.74) is 4.85. The van der Waals surface area contributed by atoms with Crippen LogP contribution in [0.4, 0.5) is 0 Å². The molecule has 0 aromatic carbocycles. The first-order chi connectivity index (χ1) is 3.68. The Balaban J connectivity index is 0. The zero-order chi connectivity index (χ0) is 6.99. The Labute approximate surface area is 51.7 Å². The van der Waals surface area contributed by atoms with Crippen LogP contribution in [0.25, 0.3) is 0 Å². The van der Waals surface area contributed by atoms with E-state index in [-0.39, 0.29) is 6.10 Å². The number of hydrogen-bond donors (Lipinski definition) is 2. The van der Waals surface area contributed by atoms with Crippen LogP contribution >= 0.6 is 0 Å². The molecular weight excluding hydrogens is 102 g/mol. The summed E-state index contributed by atoms with van der Waals surface area (Å²) in [4.78, 5) is 0. The lowest BCUT2D eigenvalue weighted by atomic mass is 10.3. The predicted octanol–water partition coefficient (Wildman–Crippen LogP) is 0.742. The molecule has 0 radical (unpaired) electrons. The van der Waals surface area contributed by atoms with E-state index in [0.717, 1.165) is 13.0 Å². The molecule has 2 heteroatoms. The van der Waals surface area contributed by atoms with Crippen molar-refractivity contribution in [1.82, 2.24) is 0 Å². The van der Waals surface area contributed by atoms with Crippen LogP contribution in [-0.4, -0.2) is 17.8 Å². The molecule has 52 valence electrons. The minimum Gasteiger partial charge on any atom is -0.393 e. The lowest BCUT2D eigenvalue weighted by molar-refractivity contribution is 0.191. The van der Waals surface area contributed by atoms with Gasteiger partial charge in [-0.1, -0.05) is 13.8 Å². The van der Waals surface area contributed by atoms with Crippen molar-refractivity contribution >= 4 is 0 Å². The second-order valence-corrected chi connectivity index (χ2v) is 1.67. The van der Waals surface area contributed by atoms with Crippen molar-refractivity contribution in [2.75, 3.05) is 6.54 Å². The lowest BCUT2D eigenvalue weighted by Crippen LogP contribution is -1.93. The van der Waals surface area contributed by atoms with E-state index in [4.69, 9.17) is 10.8 Å². The molecule has 0 aromatic heterocycles. The van der Waals surface area contributed by atoms with Gasteiger partial charge in [0.05, 0.1) is 6.10 Å². The zero-order valence-electron chi connectivity index (χ0n) is 6.02. The molecule has 1 unspecified atom stereocenters. The number of hydrogen-bond acceptors (Lipinski definition) is 2. The smallest absolute Gasteiger partial charge is 0.0509 e. The molecule has 0 aliphatic carbocycles. The Hall–Kier alpha value is -0.0800. The van der Waals surface area contributed by atoms with E-state index in [1.54, 1.807) is 6.92 Å². The summed E-state index contributed by atoms with van der Waals surface area (Å²) in [7, 11) is 0. The minimum atomic E-state index is -0.116. The van der Waals surface area contributed by atoms with Crippen molar-refractivity contribution < 1.29 is 5.11 Å². The monoisotopic (exact) mass is 119 g/mol. The van der Waals surface area contributed by atoms with Crippen LogP contribution in [0, 0.1) is 0 Å². The van der Waals surface area contributed by atoms with Crippen LogP contribution in [0.5, 0.6) is 0 Å². The van der Waals surface area contributed by atoms with Crippen LogP contribution in [0.1, 0.15) is 27.2 Å². The van der Waals surface area contributed by atoms with Crippen LogP contribution in [0.15, 0.2) is 0 Å². The number of aliphatic hydroxyl groups excluding tert-OH is 1. The maximum atomic E-state index is 8.36. The largest absolute Gasteiger partial charge is 0.393 e. The van der Waals surface area contributed by atoms with Gasteiger partial charge in [0.25, 0.3) is 0 Å². The van der Waals surface area contributed by atoms with Crippen LogP contribution in [0.2, 0.25) is 0 Å². The molecule has 0 saturated carbocycles. The van der Waals surface area contributed by atoms with Crippen molar-refractivity contribution in [2.24, 2.45) is 5.73 Å². The van der Waals surface area contributed by atoms with Gasteiger partial charge in [0.1, 0.15) is 0 Å². The van der Waals surface area contributed by atoms with E-state index in [0.29, 0.717) is 0 Å². The SMILES string of the molecule is CCC(C)O.CCN. The van der Waals surface area contributed by atoms with Crippen molar-refractivity contribution in [3.8, 4) is 0 Å². The molecule has 3 N–H and O–H groups in total. The van der Waals surface area contributed by atoms with Gasteiger partial charge in [-0.2, -0.15) is 0 Å². The Morgan fingerprint density at radius 2 is 1.62 bits per heavy atom. The van der Waals surface area contributed by atoms with Gasteiger partial charge < -0.3 is 10.8 Å². The zero-order valence-corrected chi connectivity index (χ0v) is 6.02. The molecule has 8 heavy (non-hydrogen) atoms. The average Bonchev–Trinajstić information content (AvgIpc) is 1.69. The van der Waals surface area contributed by atoms with Crippen molar-refractivity contribution in [3.63, 3.8) is 0 Å². The van der Waals surface area contributed by atoms with Gasteiger partial charge in [0.15, 0.2) is 0 Å². The number of aliphatic hydroxyl groups is 1. The van der Waals surface area contributed by atoms with E-state index in [2.05, 4.69) is 0 Å². The van der Waals surface area contributed by atoms with E-state index >= 15 is 0 Å². The van der Waals surface area contributed by atoms with Crippen LogP contribution < -0.4 is 5.73 Å². The first kappa shape index (κ1) is 10.8. The molecule has 0 amide bonds. The Morgan fingerprint density at radius 3 is 1.62 bits per heavy atom. The summed E-state index contributed by atoms with van der Waals surface area (Å²) in [5, 5.41) is 8.36. The highest BCUT2D eigenvalue weighted by Gasteiger charge is 1.81. The Kier molecular flexibility index (Phi) is 13.6. The normalized spacial score (nSPS) is 11.6. The first-order valence-electron chi connectivity index (χ1n) is 3.07. The third-order valence-electron chi connectivity index (χ3n) is 0.591. The van der Waals surface area contributed by atoms with Gasteiger partial charge in [-0.25, -0.2) is 0 Å². The molecular formula is C6H17NO. The molecule has 0 heterocycles. The molecule has 0 aliphatic rings. The molecule has 2 nitrogen and oxygen atoms in total. The standard InChI is InChI=1S/C4H10O.C2H7N/c1-3-4(2)5;1-2-3/h4-5H,3H2,1-2H3;2-3H2,1H3. The highest BCUT2D eigenvalue weighted by Crippen LogP contribution is 1.81. The highest BCUT2D eigenvalue weighted by molar-refractivity contribution is 4.34. The third kappa shape index (κ3) is 38.9. The van der Waals surface area contributed by atoms with E-state index in [1.807, 2.05) is 13.8 Å². The summed E-state index contributed by atoms with van der Waals surface area (Å²) in [6, 6.07) is 0. The van der Waals surface area contributed by atoms with Gasteiger partial charge >= 0.3 is 0 Å². The fourth-order valence-corrected chi connectivity index (χ4v) is 0. The second kappa shape index (κ2) is 10.0. The topological polar surface area (TPSA) is 46.2 Å². The van der Waals surface area contributed by atoms with Crippen molar-refractivity contribution in [2.45, 2.75) is 33.3 Å². The van der Waals surface area contributed by atoms with Gasteiger partial charge in [-0.05, 0) is 19.9 Å². The van der Waals surface area contributed by atoms with Gasteiger partial charge in [0, 0.05) is 0 Å². The average molecular weight is 119 g/mol. The fraction of sp³-hybridized carbons (Fsp3) is 1.00. The van der Waals surface area contributed by atoms with E-state index in [9.17, 15) is 0 Å². The summed E-state index contributed by atoms with van der Waals surface area (Å²) in [5.74, 6) is 0. The number of rotatable bonds is 1. The molecule has 0 saturated heterocycles. The third-order valence-corrected chi connectivity index (χ3v) is 0.591. The summed E-state index contributed by atoms with van der Waals surface area (Å²) in [6.45, 7) is 6.38. The fourth-order valence-electron chi connectivity index (χ4n) is 0. The Bertz CT molecular complexity index is 29.7. The molecule has 1 atom stereocenters. The Morgan fingerprint density at radius 1 is 1.50 bits per heavy atom. The van der Waals surface area contributed by atoms with Crippen LogP contribution in [0.3, 0.4) is 0 Å². The maximum Gasteiger partial charge on any atom is 0.0509 e. The molecule has 0 aromatic rings. The molecule has 0 aliphatic heterocycles. The minimum absolute atomic E-state index is 0.116. The summed E-state index contributed by atoms with van der Waals surface area (Å²) < 4.78 is 0. The first-order valence-corrected chi connectivity index (χ1v) is 3.07. The van der Waals surface area contributed by atoms with Gasteiger partial charge in [-0.3, -0.25) is 0 Å². The summed E-state index contributed by atoms with van der Waals surface area (Å²) in [6.07, 6.45) is 0.745. The van der Waals surface area contributed by atoms with Crippen LogP contribution in [-0.2, 0) is 0 Å². The van der Waals surface area contributed by atoms with Crippen molar-refractivity contribution in [3.05, 3.63) is 0 Å². The predicted molar refractivity (Wildman–Crippen MR) is 36.7 cm³/mol. The molecule has 0 fully saturated rings. The van der Waals surface area contributed by atoms with E-state index < -0.39 is 0 Å². The molecule has 0 spiro atoms. The lowest BCUT2D eigenvalue weighted by Gasteiger charge is -1.90. The summed E-state index contributed by atoms with van der Waals surface area (Å²) >= 11 is 0. The quantitative estimate of drug-likeness (QED) is 0.535. The highest BCUT2D eigenvalue weighted by atomic mass is 16.3. The van der Waals surface area contributed by atoms with Gasteiger partial charge in [-0.15, -0.1) is 0 Å². The molecule has 0 bridgehead atoms. The van der Waals surface area contributed by atoms with E-state index in [1.165, 1.54) is 0 Å². The second-order valence-electron chi connectivity index (χ2n) is 1.67. The van der Waals surface area contributed by atoms with Crippen molar-refractivity contribution in [1.29, 1.82) is 0 Å². The molecule has 0 rings (SSSR count).